The minimum absolute atomic E-state index is 0.319. The first-order chi connectivity index (χ1) is 6.07. The van der Waals surface area contributed by atoms with Crippen LogP contribution < -0.4 is 5.32 Å². The molecule has 0 aromatic heterocycles. The Morgan fingerprint density at radius 3 is 2.23 bits per heavy atom. The summed E-state index contributed by atoms with van der Waals surface area (Å²) in [5.41, 5.74) is 0. The molecule has 2 N–H and O–H groups in total. The van der Waals surface area contributed by atoms with Crippen molar-refractivity contribution in [2.45, 2.75) is 46.6 Å². The van der Waals surface area contributed by atoms with Gasteiger partial charge < -0.3 is 10.4 Å². The summed E-state index contributed by atoms with van der Waals surface area (Å²) in [4.78, 5) is 0. The summed E-state index contributed by atoms with van der Waals surface area (Å²) in [6.07, 6.45) is 2.28. The lowest BCUT2D eigenvalue weighted by molar-refractivity contribution is 0.227. The molecular weight excluding hydrogens is 162 g/mol. The summed E-state index contributed by atoms with van der Waals surface area (Å²) in [6.45, 7) is 10.2. The lowest BCUT2D eigenvalue weighted by Gasteiger charge is -2.17. The van der Waals surface area contributed by atoms with E-state index < -0.39 is 0 Å². The second-order valence-electron chi connectivity index (χ2n) is 4.42. The van der Waals surface area contributed by atoms with Gasteiger partial charge >= 0.3 is 0 Å². The smallest absolute Gasteiger partial charge is 0.0456 e. The summed E-state index contributed by atoms with van der Waals surface area (Å²) in [6, 6.07) is 0.601. The van der Waals surface area contributed by atoms with Gasteiger partial charge in [0.1, 0.15) is 0 Å². The van der Waals surface area contributed by atoms with Crippen molar-refractivity contribution in [2.75, 3.05) is 13.2 Å². The SMILES string of the molecule is CC(CO)CCCNC(C)C(C)C. The molecule has 0 aliphatic heterocycles. The van der Waals surface area contributed by atoms with Gasteiger partial charge in [0.25, 0.3) is 0 Å². The molecule has 0 aromatic carbocycles. The van der Waals surface area contributed by atoms with Crippen LogP contribution in [0.3, 0.4) is 0 Å². The van der Waals surface area contributed by atoms with Crippen LogP contribution in [-0.4, -0.2) is 24.3 Å². The Hall–Kier alpha value is -0.0800. The van der Waals surface area contributed by atoms with E-state index in [0.717, 1.165) is 13.0 Å². The maximum absolute atomic E-state index is 8.81. The zero-order valence-electron chi connectivity index (χ0n) is 9.51. The summed E-state index contributed by atoms with van der Waals surface area (Å²) in [7, 11) is 0. The van der Waals surface area contributed by atoms with E-state index in [-0.39, 0.29) is 0 Å². The van der Waals surface area contributed by atoms with Gasteiger partial charge in [-0.3, -0.25) is 0 Å². The number of nitrogens with one attached hydrogen (secondary N) is 1. The van der Waals surface area contributed by atoms with Crippen molar-refractivity contribution in [1.82, 2.24) is 5.32 Å². The van der Waals surface area contributed by atoms with Gasteiger partial charge in [-0.1, -0.05) is 20.8 Å². The minimum atomic E-state index is 0.319. The fourth-order valence-corrected chi connectivity index (χ4v) is 1.11. The number of hydrogen-bond acceptors (Lipinski definition) is 2. The van der Waals surface area contributed by atoms with Gasteiger partial charge in [-0.05, 0) is 38.1 Å². The lowest BCUT2D eigenvalue weighted by Crippen LogP contribution is -2.31. The minimum Gasteiger partial charge on any atom is -0.396 e. The van der Waals surface area contributed by atoms with Gasteiger partial charge in [-0.2, -0.15) is 0 Å². The van der Waals surface area contributed by atoms with Gasteiger partial charge in [0.05, 0.1) is 0 Å². The molecule has 0 rings (SSSR count). The number of rotatable bonds is 7. The van der Waals surface area contributed by atoms with Crippen molar-refractivity contribution in [1.29, 1.82) is 0 Å². The second kappa shape index (κ2) is 7.34. The third-order valence-electron chi connectivity index (χ3n) is 2.65. The number of hydrogen-bond donors (Lipinski definition) is 2. The van der Waals surface area contributed by atoms with E-state index in [0.29, 0.717) is 24.5 Å². The van der Waals surface area contributed by atoms with E-state index in [1.165, 1.54) is 6.42 Å². The largest absolute Gasteiger partial charge is 0.396 e. The molecule has 2 unspecified atom stereocenters. The normalized spacial score (nSPS) is 16.2. The van der Waals surface area contributed by atoms with Crippen molar-refractivity contribution >= 4 is 0 Å². The van der Waals surface area contributed by atoms with Crippen LogP contribution in [0.1, 0.15) is 40.5 Å². The molecule has 0 amide bonds. The van der Waals surface area contributed by atoms with Crippen LogP contribution in [0.5, 0.6) is 0 Å². The quantitative estimate of drug-likeness (QED) is 0.598. The van der Waals surface area contributed by atoms with Crippen molar-refractivity contribution in [3.8, 4) is 0 Å². The van der Waals surface area contributed by atoms with E-state index in [1.807, 2.05) is 0 Å². The molecule has 0 radical (unpaired) electrons. The number of aliphatic hydroxyl groups is 1. The number of aliphatic hydroxyl groups excluding tert-OH is 1. The molecule has 13 heavy (non-hydrogen) atoms. The summed E-state index contributed by atoms with van der Waals surface area (Å²) >= 11 is 0. The third-order valence-corrected chi connectivity index (χ3v) is 2.65. The fourth-order valence-electron chi connectivity index (χ4n) is 1.11. The summed E-state index contributed by atoms with van der Waals surface area (Å²) < 4.78 is 0. The van der Waals surface area contributed by atoms with Crippen LogP contribution in [-0.2, 0) is 0 Å². The predicted molar refractivity (Wildman–Crippen MR) is 57.8 cm³/mol. The molecule has 0 saturated heterocycles. The van der Waals surface area contributed by atoms with Crippen molar-refractivity contribution < 1.29 is 5.11 Å². The van der Waals surface area contributed by atoms with Gasteiger partial charge in [-0.15, -0.1) is 0 Å². The van der Waals surface area contributed by atoms with Crippen LogP contribution in [0.2, 0.25) is 0 Å². The van der Waals surface area contributed by atoms with Gasteiger partial charge in [0, 0.05) is 12.6 Å². The highest BCUT2D eigenvalue weighted by atomic mass is 16.3. The topological polar surface area (TPSA) is 32.3 Å². The van der Waals surface area contributed by atoms with E-state index in [4.69, 9.17) is 5.11 Å². The molecule has 80 valence electrons. The first-order valence-electron chi connectivity index (χ1n) is 5.42. The molecule has 0 aliphatic carbocycles. The van der Waals surface area contributed by atoms with E-state index in [2.05, 4.69) is 33.0 Å². The molecule has 0 fully saturated rings. The zero-order valence-corrected chi connectivity index (χ0v) is 9.51. The summed E-state index contributed by atoms with van der Waals surface area (Å²) in [5, 5.41) is 12.3. The predicted octanol–water partition coefficient (Wildman–Crippen LogP) is 2.03. The van der Waals surface area contributed by atoms with Crippen molar-refractivity contribution in [3.05, 3.63) is 0 Å². The lowest BCUT2D eigenvalue weighted by atomic mass is 10.0. The Morgan fingerprint density at radius 2 is 1.77 bits per heavy atom. The highest BCUT2D eigenvalue weighted by Gasteiger charge is 2.05. The average Bonchev–Trinajstić information content (AvgIpc) is 2.11. The highest BCUT2D eigenvalue weighted by Crippen LogP contribution is 2.04. The fraction of sp³-hybridized carbons (Fsp3) is 1.00. The molecule has 2 atom stereocenters. The Morgan fingerprint density at radius 1 is 1.15 bits per heavy atom. The van der Waals surface area contributed by atoms with Crippen LogP contribution in [0.4, 0.5) is 0 Å². The Bertz CT molecular complexity index is 115. The monoisotopic (exact) mass is 187 g/mol. The maximum Gasteiger partial charge on any atom is 0.0456 e. The molecule has 0 bridgehead atoms. The third kappa shape index (κ3) is 7.03. The first-order valence-corrected chi connectivity index (χ1v) is 5.42. The Labute approximate surface area is 82.7 Å². The van der Waals surface area contributed by atoms with Crippen molar-refractivity contribution in [3.63, 3.8) is 0 Å². The van der Waals surface area contributed by atoms with Crippen LogP contribution >= 0.6 is 0 Å². The van der Waals surface area contributed by atoms with E-state index in [9.17, 15) is 0 Å². The van der Waals surface area contributed by atoms with Crippen molar-refractivity contribution in [2.24, 2.45) is 11.8 Å². The molecule has 0 heterocycles. The second-order valence-corrected chi connectivity index (χ2v) is 4.42. The first kappa shape index (κ1) is 12.9. The maximum atomic E-state index is 8.81. The van der Waals surface area contributed by atoms with E-state index >= 15 is 0 Å². The zero-order chi connectivity index (χ0) is 10.3. The highest BCUT2D eigenvalue weighted by molar-refractivity contribution is 4.64. The van der Waals surface area contributed by atoms with Gasteiger partial charge in [0.15, 0.2) is 0 Å². The van der Waals surface area contributed by atoms with E-state index in [1.54, 1.807) is 0 Å². The molecule has 2 heteroatoms. The molecular formula is C11H25NO. The molecule has 0 aliphatic rings. The van der Waals surface area contributed by atoms with Crippen LogP contribution in [0, 0.1) is 11.8 Å². The summed E-state index contributed by atoms with van der Waals surface area (Å²) in [5.74, 6) is 1.16. The van der Waals surface area contributed by atoms with Gasteiger partial charge in [-0.25, -0.2) is 0 Å². The Kier molecular flexibility index (Phi) is 7.29. The molecule has 0 spiro atoms. The molecule has 0 aromatic rings. The van der Waals surface area contributed by atoms with Crippen LogP contribution in [0.25, 0.3) is 0 Å². The van der Waals surface area contributed by atoms with Gasteiger partial charge in [0.2, 0.25) is 0 Å². The average molecular weight is 187 g/mol. The molecule has 2 nitrogen and oxygen atoms in total. The standard InChI is InChI=1S/C11H25NO/c1-9(2)11(4)12-7-5-6-10(3)8-13/h9-13H,5-8H2,1-4H3. The van der Waals surface area contributed by atoms with Crippen LogP contribution in [0.15, 0.2) is 0 Å². The molecule has 0 saturated carbocycles. The Balaban J connectivity index is 3.25.